The summed E-state index contributed by atoms with van der Waals surface area (Å²) in [5.41, 5.74) is 2.28. The van der Waals surface area contributed by atoms with Gasteiger partial charge in [0.05, 0.1) is 6.10 Å². The number of ether oxygens (including phenoxy) is 1. The molecular weight excluding hydrogens is 386 g/mol. The molecule has 154 valence electrons. The van der Waals surface area contributed by atoms with E-state index in [0.717, 1.165) is 17.7 Å². The molecular formula is C22H27N3O3S. The van der Waals surface area contributed by atoms with E-state index in [1.54, 1.807) is 25.2 Å². The average molecular weight is 414 g/mol. The largest absolute Gasteiger partial charge is 0.491 e. The van der Waals surface area contributed by atoms with Gasteiger partial charge in [-0.05, 0) is 67.9 Å². The van der Waals surface area contributed by atoms with Gasteiger partial charge in [-0.2, -0.15) is 0 Å². The monoisotopic (exact) mass is 413 g/mol. The molecule has 6 nitrogen and oxygen atoms in total. The van der Waals surface area contributed by atoms with Crippen LogP contribution in [-0.4, -0.2) is 30.1 Å². The number of thiocarbonyl (C=S) groups is 1. The molecule has 0 aliphatic rings. The van der Waals surface area contributed by atoms with Gasteiger partial charge in [-0.3, -0.25) is 14.9 Å². The molecule has 0 saturated heterocycles. The van der Waals surface area contributed by atoms with Gasteiger partial charge in [-0.15, -0.1) is 0 Å². The maximum atomic E-state index is 12.5. The lowest BCUT2D eigenvalue weighted by atomic mass is 10.1. The molecule has 0 radical (unpaired) electrons. The van der Waals surface area contributed by atoms with E-state index in [4.69, 9.17) is 17.0 Å². The molecule has 2 rings (SSSR count). The van der Waals surface area contributed by atoms with Crippen molar-refractivity contribution < 1.29 is 14.3 Å². The number of anilines is 1. The van der Waals surface area contributed by atoms with E-state index in [1.165, 1.54) is 0 Å². The van der Waals surface area contributed by atoms with Gasteiger partial charge in [-0.1, -0.05) is 25.1 Å². The Morgan fingerprint density at radius 1 is 1.14 bits per heavy atom. The maximum Gasteiger partial charge on any atom is 0.257 e. The first-order valence-corrected chi connectivity index (χ1v) is 10.0. The van der Waals surface area contributed by atoms with Gasteiger partial charge in [0.15, 0.2) is 5.11 Å². The van der Waals surface area contributed by atoms with Crippen LogP contribution >= 0.6 is 12.2 Å². The molecule has 1 unspecified atom stereocenters. The second kappa shape index (κ2) is 11.2. The van der Waals surface area contributed by atoms with Gasteiger partial charge in [0.1, 0.15) is 5.75 Å². The normalized spacial score (nSPS) is 11.3. The Labute approximate surface area is 177 Å². The van der Waals surface area contributed by atoms with Gasteiger partial charge in [0, 0.05) is 24.7 Å². The summed E-state index contributed by atoms with van der Waals surface area (Å²) in [7, 11) is 1.62. The van der Waals surface area contributed by atoms with E-state index < -0.39 is 0 Å². The van der Waals surface area contributed by atoms with Crippen molar-refractivity contribution in [1.82, 2.24) is 10.6 Å². The number of hydrogen-bond acceptors (Lipinski definition) is 4. The van der Waals surface area contributed by atoms with Crippen LogP contribution in [0.3, 0.4) is 0 Å². The molecule has 0 aromatic heterocycles. The third-order valence-electron chi connectivity index (χ3n) is 4.37. The van der Waals surface area contributed by atoms with Crippen molar-refractivity contribution in [3.05, 3.63) is 59.7 Å². The van der Waals surface area contributed by atoms with Crippen LogP contribution in [0, 0.1) is 0 Å². The highest BCUT2D eigenvalue weighted by atomic mass is 32.1. The number of hydrogen-bond donors (Lipinski definition) is 3. The first-order valence-electron chi connectivity index (χ1n) is 9.59. The third-order valence-corrected chi connectivity index (χ3v) is 4.57. The van der Waals surface area contributed by atoms with Gasteiger partial charge in [0.25, 0.3) is 5.91 Å². The van der Waals surface area contributed by atoms with E-state index >= 15 is 0 Å². The van der Waals surface area contributed by atoms with Gasteiger partial charge < -0.3 is 15.4 Å². The molecule has 3 N–H and O–H groups in total. The number of rotatable bonds is 8. The summed E-state index contributed by atoms with van der Waals surface area (Å²) in [5.74, 6) is 0.354. The predicted octanol–water partition coefficient (Wildman–Crippen LogP) is 3.67. The van der Waals surface area contributed by atoms with E-state index in [2.05, 4.69) is 16.0 Å². The maximum absolute atomic E-state index is 12.5. The standard InChI is InChI=1S/C22H27N3O3S/c1-4-15(2)28-19-7-5-6-17(14-19)21(27)25-22(29)24-18-11-8-16(9-12-18)10-13-20(26)23-3/h5-9,11-12,14-15H,4,10,13H2,1-3H3,(H,23,26)(H2,24,25,27,29). The van der Waals surface area contributed by atoms with Gasteiger partial charge in [0.2, 0.25) is 5.91 Å². The van der Waals surface area contributed by atoms with Crippen LogP contribution in [-0.2, 0) is 11.2 Å². The Balaban J connectivity index is 1.89. The summed E-state index contributed by atoms with van der Waals surface area (Å²) in [6.07, 6.45) is 2.07. The zero-order chi connectivity index (χ0) is 21.2. The summed E-state index contributed by atoms with van der Waals surface area (Å²) < 4.78 is 5.75. The fourth-order valence-corrected chi connectivity index (χ4v) is 2.71. The number of benzene rings is 2. The second-order valence-electron chi connectivity index (χ2n) is 6.64. The lowest BCUT2D eigenvalue weighted by molar-refractivity contribution is -0.120. The third kappa shape index (κ3) is 7.54. The molecule has 0 aliphatic carbocycles. The summed E-state index contributed by atoms with van der Waals surface area (Å²) >= 11 is 5.24. The summed E-state index contributed by atoms with van der Waals surface area (Å²) in [6.45, 7) is 4.02. The Kier molecular flexibility index (Phi) is 8.61. The fourth-order valence-electron chi connectivity index (χ4n) is 2.50. The van der Waals surface area contributed by atoms with E-state index in [-0.39, 0.29) is 23.0 Å². The smallest absolute Gasteiger partial charge is 0.257 e. The Bertz CT molecular complexity index is 853. The lowest BCUT2D eigenvalue weighted by Crippen LogP contribution is -2.34. The first kappa shape index (κ1) is 22.4. The first-order chi connectivity index (χ1) is 13.9. The average Bonchev–Trinajstić information content (AvgIpc) is 2.72. The van der Waals surface area contributed by atoms with Crippen molar-refractivity contribution in [3.8, 4) is 5.75 Å². The van der Waals surface area contributed by atoms with Gasteiger partial charge in [-0.25, -0.2) is 0 Å². The molecule has 1 atom stereocenters. The second-order valence-corrected chi connectivity index (χ2v) is 7.05. The van der Waals surface area contributed by atoms with Crippen LogP contribution in [0.5, 0.6) is 5.75 Å². The molecule has 7 heteroatoms. The molecule has 0 bridgehead atoms. The molecule has 2 aromatic rings. The van der Waals surface area contributed by atoms with Gasteiger partial charge >= 0.3 is 0 Å². The topological polar surface area (TPSA) is 79.5 Å². The van der Waals surface area contributed by atoms with Crippen LogP contribution in [0.1, 0.15) is 42.6 Å². The van der Waals surface area contributed by atoms with Crippen LogP contribution in [0.4, 0.5) is 5.69 Å². The van der Waals surface area contributed by atoms with E-state index in [1.807, 2.05) is 44.2 Å². The number of carbonyl (C=O) groups is 2. The van der Waals surface area contributed by atoms with E-state index in [9.17, 15) is 9.59 Å². The van der Waals surface area contributed by atoms with Crippen molar-refractivity contribution in [2.24, 2.45) is 0 Å². The summed E-state index contributed by atoms with van der Waals surface area (Å²) in [4.78, 5) is 23.8. The predicted molar refractivity (Wildman–Crippen MR) is 119 cm³/mol. The van der Waals surface area contributed by atoms with Crippen LogP contribution < -0.4 is 20.7 Å². The molecule has 29 heavy (non-hydrogen) atoms. The minimum atomic E-state index is -0.306. The van der Waals surface area contributed by atoms with Crippen molar-refractivity contribution >= 4 is 34.8 Å². The Morgan fingerprint density at radius 2 is 1.86 bits per heavy atom. The Morgan fingerprint density at radius 3 is 2.52 bits per heavy atom. The van der Waals surface area contributed by atoms with Crippen molar-refractivity contribution in [1.29, 1.82) is 0 Å². The van der Waals surface area contributed by atoms with Crippen molar-refractivity contribution in [2.75, 3.05) is 12.4 Å². The minimum absolute atomic E-state index is 0.00899. The summed E-state index contributed by atoms with van der Waals surface area (Å²) in [6, 6.07) is 14.6. The zero-order valence-corrected chi connectivity index (χ0v) is 17.8. The quantitative estimate of drug-likeness (QED) is 0.576. The molecule has 0 spiro atoms. The van der Waals surface area contributed by atoms with Crippen molar-refractivity contribution in [3.63, 3.8) is 0 Å². The fraction of sp³-hybridized carbons (Fsp3) is 0.318. The molecule has 2 aromatic carbocycles. The van der Waals surface area contributed by atoms with Crippen molar-refractivity contribution in [2.45, 2.75) is 39.2 Å². The molecule has 0 heterocycles. The molecule has 0 aliphatic heterocycles. The highest BCUT2D eigenvalue weighted by Crippen LogP contribution is 2.16. The number of carbonyl (C=O) groups excluding carboxylic acids is 2. The number of aryl methyl sites for hydroxylation is 1. The van der Waals surface area contributed by atoms with Crippen LogP contribution in [0.2, 0.25) is 0 Å². The SMILES string of the molecule is CCC(C)Oc1cccc(C(=O)NC(=S)Nc2ccc(CCC(=O)NC)cc2)c1. The molecule has 0 fully saturated rings. The molecule has 0 saturated carbocycles. The van der Waals surface area contributed by atoms with E-state index in [0.29, 0.717) is 24.2 Å². The minimum Gasteiger partial charge on any atom is -0.491 e. The zero-order valence-electron chi connectivity index (χ0n) is 17.0. The highest BCUT2D eigenvalue weighted by molar-refractivity contribution is 7.80. The van der Waals surface area contributed by atoms with Crippen LogP contribution in [0.25, 0.3) is 0 Å². The lowest BCUT2D eigenvalue weighted by Gasteiger charge is -2.14. The van der Waals surface area contributed by atoms with Crippen LogP contribution in [0.15, 0.2) is 48.5 Å². The Hall–Kier alpha value is -2.93. The molecule has 2 amide bonds. The summed E-state index contributed by atoms with van der Waals surface area (Å²) in [5, 5.41) is 8.48. The number of nitrogens with one attached hydrogen (secondary N) is 3. The number of amides is 2. The highest BCUT2D eigenvalue weighted by Gasteiger charge is 2.10.